The number of aryl methyl sites for hydroxylation is 1. The molecule has 26 heavy (non-hydrogen) atoms. The zero-order valence-electron chi connectivity index (χ0n) is 14.7. The summed E-state index contributed by atoms with van der Waals surface area (Å²) in [5, 5.41) is 8.46. The fraction of sp³-hybridized carbons (Fsp3) is 0.300. The number of rotatable bonds is 3. The van der Waals surface area contributed by atoms with Crippen LogP contribution in [0, 0.1) is 6.92 Å². The van der Waals surface area contributed by atoms with Crippen molar-refractivity contribution in [3.8, 4) is 5.69 Å². The lowest BCUT2D eigenvalue weighted by Crippen LogP contribution is -2.38. The Labute approximate surface area is 152 Å². The molecule has 1 fully saturated rings. The van der Waals surface area contributed by atoms with Crippen molar-refractivity contribution in [1.29, 1.82) is 0 Å². The van der Waals surface area contributed by atoms with Crippen molar-refractivity contribution in [3.63, 3.8) is 0 Å². The highest BCUT2D eigenvalue weighted by Crippen LogP contribution is 2.28. The third kappa shape index (κ3) is 3.22. The molecular formula is C20H21N5O. The van der Waals surface area contributed by atoms with E-state index in [-0.39, 0.29) is 5.91 Å². The molecular weight excluding hydrogens is 326 g/mol. The van der Waals surface area contributed by atoms with E-state index in [4.69, 9.17) is 0 Å². The van der Waals surface area contributed by atoms with E-state index in [1.807, 2.05) is 46.7 Å². The smallest absolute Gasteiger partial charge is 0.255 e. The number of carbonyl (C=O) groups excluding carboxylic acids is 1. The van der Waals surface area contributed by atoms with Gasteiger partial charge in [0, 0.05) is 36.6 Å². The van der Waals surface area contributed by atoms with E-state index < -0.39 is 0 Å². The summed E-state index contributed by atoms with van der Waals surface area (Å²) >= 11 is 0. The summed E-state index contributed by atoms with van der Waals surface area (Å²) in [6.07, 6.45) is 5.20. The second-order valence-electron chi connectivity index (χ2n) is 6.65. The van der Waals surface area contributed by atoms with Gasteiger partial charge in [-0.05, 0) is 44.0 Å². The van der Waals surface area contributed by atoms with E-state index in [1.54, 1.807) is 12.5 Å². The Kier molecular flexibility index (Phi) is 4.48. The maximum Gasteiger partial charge on any atom is 0.255 e. The number of pyridine rings is 1. The van der Waals surface area contributed by atoms with Gasteiger partial charge in [-0.3, -0.25) is 14.3 Å². The summed E-state index contributed by atoms with van der Waals surface area (Å²) in [4.78, 5) is 18.8. The molecule has 3 heterocycles. The largest absolute Gasteiger partial charge is 0.339 e. The Bertz CT molecular complexity index is 880. The molecule has 2 aromatic heterocycles. The van der Waals surface area contributed by atoms with Crippen LogP contribution in [0.3, 0.4) is 0 Å². The SMILES string of the molecule is Cc1ccc(C(=O)N2CCC(c3nncn3-c3ccccc3)CC2)cn1. The van der Waals surface area contributed by atoms with Crippen LogP contribution in [0.5, 0.6) is 0 Å². The number of para-hydroxylation sites is 1. The van der Waals surface area contributed by atoms with Crippen LogP contribution in [0.25, 0.3) is 5.69 Å². The summed E-state index contributed by atoms with van der Waals surface area (Å²) in [7, 11) is 0. The summed E-state index contributed by atoms with van der Waals surface area (Å²) in [6.45, 7) is 3.36. The normalized spacial score (nSPS) is 15.2. The molecule has 1 aromatic carbocycles. The Hall–Kier alpha value is -3.02. The third-order valence-corrected chi connectivity index (χ3v) is 4.91. The van der Waals surface area contributed by atoms with Crippen LogP contribution in [-0.4, -0.2) is 43.6 Å². The molecule has 0 bridgehead atoms. The van der Waals surface area contributed by atoms with Gasteiger partial charge in [-0.25, -0.2) is 0 Å². The second-order valence-corrected chi connectivity index (χ2v) is 6.65. The quantitative estimate of drug-likeness (QED) is 0.731. The molecule has 0 saturated carbocycles. The van der Waals surface area contributed by atoms with E-state index in [0.29, 0.717) is 11.5 Å². The van der Waals surface area contributed by atoms with Gasteiger partial charge in [0.05, 0.1) is 5.56 Å². The number of carbonyl (C=O) groups is 1. The predicted molar refractivity (Wildman–Crippen MR) is 98.2 cm³/mol. The van der Waals surface area contributed by atoms with Crippen LogP contribution in [0.4, 0.5) is 0 Å². The van der Waals surface area contributed by atoms with Crippen LogP contribution >= 0.6 is 0 Å². The van der Waals surface area contributed by atoms with Gasteiger partial charge in [0.2, 0.25) is 0 Å². The first kappa shape index (κ1) is 16.4. The molecule has 0 aliphatic carbocycles. The fourth-order valence-electron chi connectivity index (χ4n) is 3.43. The standard InChI is InChI=1S/C20H21N5O/c1-15-7-8-17(13-21-15)20(26)24-11-9-16(10-12-24)19-23-22-14-25(19)18-5-3-2-4-6-18/h2-8,13-14,16H,9-12H2,1H3. The Morgan fingerprint density at radius 3 is 2.54 bits per heavy atom. The summed E-state index contributed by atoms with van der Waals surface area (Å²) in [5.41, 5.74) is 2.64. The van der Waals surface area contributed by atoms with E-state index in [0.717, 1.165) is 43.1 Å². The average Bonchev–Trinajstić information content (AvgIpc) is 3.19. The number of hydrogen-bond acceptors (Lipinski definition) is 4. The molecule has 0 atom stereocenters. The van der Waals surface area contributed by atoms with Crippen molar-refractivity contribution in [3.05, 3.63) is 72.1 Å². The lowest BCUT2D eigenvalue weighted by molar-refractivity contribution is 0.0710. The van der Waals surface area contributed by atoms with Crippen LogP contribution in [0.15, 0.2) is 55.0 Å². The maximum atomic E-state index is 12.6. The Morgan fingerprint density at radius 2 is 1.85 bits per heavy atom. The average molecular weight is 347 g/mol. The minimum Gasteiger partial charge on any atom is -0.339 e. The molecule has 3 aromatic rings. The zero-order valence-corrected chi connectivity index (χ0v) is 14.7. The first-order chi connectivity index (χ1) is 12.7. The van der Waals surface area contributed by atoms with E-state index >= 15 is 0 Å². The van der Waals surface area contributed by atoms with Gasteiger partial charge in [0.15, 0.2) is 0 Å². The van der Waals surface area contributed by atoms with Gasteiger partial charge < -0.3 is 4.90 Å². The number of amides is 1. The van der Waals surface area contributed by atoms with Gasteiger partial charge >= 0.3 is 0 Å². The number of benzene rings is 1. The van der Waals surface area contributed by atoms with E-state index in [9.17, 15) is 4.79 Å². The summed E-state index contributed by atoms with van der Waals surface area (Å²) in [6, 6.07) is 13.8. The van der Waals surface area contributed by atoms with E-state index in [1.165, 1.54) is 0 Å². The number of nitrogens with zero attached hydrogens (tertiary/aromatic N) is 5. The van der Waals surface area contributed by atoms with Crippen molar-refractivity contribution >= 4 is 5.91 Å². The zero-order chi connectivity index (χ0) is 17.9. The van der Waals surface area contributed by atoms with Crippen LogP contribution in [0.2, 0.25) is 0 Å². The van der Waals surface area contributed by atoms with Crippen molar-refractivity contribution in [2.24, 2.45) is 0 Å². The number of piperidine rings is 1. The molecule has 132 valence electrons. The first-order valence-electron chi connectivity index (χ1n) is 8.89. The Morgan fingerprint density at radius 1 is 1.08 bits per heavy atom. The predicted octanol–water partition coefficient (Wildman–Crippen LogP) is 2.99. The van der Waals surface area contributed by atoms with Crippen molar-refractivity contribution in [2.75, 3.05) is 13.1 Å². The molecule has 0 N–H and O–H groups in total. The van der Waals surface area contributed by atoms with Crippen molar-refractivity contribution in [2.45, 2.75) is 25.7 Å². The van der Waals surface area contributed by atoms with Gasteiger partial charge in [-0.2, -0.15) is 0 Å². The molecule has 1 aliphatic rings. The summed E-state index contributed by atoms with van der Waals surface area (Å²) < 4.78 is 2.05. The van der Waals surface area contributed by atoms with Gasteiger partial charge in [0.25, 0.3) is 5.91 Å². The summed E-state index contributed by atoms with van der Waals surface area (Å²) in [5.74, 6) is 1.33. The van der Waals surface area contributed by atoms with Crippen LogP contribution in [0.1, 0.15) is 40.6 Å². The topological polar surface area (TPSA) is 63.9 Å². The lowest BCUT2D eigenvalue weighted by Gasteiger charge is -2.31. The lowest BCUT2D eigenvalue weighted by atomic mass is 9.95. The fourth-order valence-corrected chi connectivity index (χ4v) is 3.43. The molecule has 6 nitrogen and oxygen atoms in total. The maximum absolute atomic E-state index is 12.6. The monoisotopic (exact) mass is 347 g/mol. The Balaban J connectivity index is 1.45. The van der Waals surface area contributed by atoms with Crippen LogP contribution < -0.4 is 0 Å². The van der Waals surface area contributed by atoms with Gasteiger partial charge in [-0.1, -0.05) is 18.2 Å². The molecule has 1 saturated heterocycles. The van der Waals surface area contributed by atoms with Gasteiger partial charge in [-0.15, -0.1) is 10.2 Å². The molecule has 1 amide bonds. The van der Waals surface area contributed by atoms with Crippen molar-refractivity contribution in [1.82, 2.24) is 24.6 Å². The molecule has 0 spiro atoms. The first-order valence-corrected chi connectivity index (χ1v) is 8.89. The minimum absolute atomic E-state index is 0.0560. The molecule has 6 heteroatoms. The molecule has 0 radical (unpaired) electrons. The number of aromatic nitrogens is 4. The van der Waals surface area contributed by atoms with E-state index in [2.05, 4.69) is 27.3 Å². The van der Waals surface area contributed by atoms with Crippen molar-refractivity contribution < 1.29 is 4.79 Å². The molecule has 0 unspecified atom stereocenters. The highest BCUT2D eigenvalue weighted by atomic mass is 16.2. The molecule has 4 rings (SSSR count). The minimum atomic E-state index is 0.0560. The number of likely N-dealkylation sites (tertiary alicyclic amines) is 1. The second kappa shape index (κ2) is 7.07. The highest BCUT2D eigenvalue weighted by Gasteiger charge is 2.27. The van der Waals surface area contributed by atoms with Gasteiger partial charge in [0.1, 0.15) is 12.2 Å². The van der Waals surface area contributed by atoms with Crippen LogP contribution in [-0.2, 0) is 0 Å². The number of hydrogen-bond donors (Lipinski definition) is 0. The highest BCUT2D eigenvalue weighted by molar-refractivity contribution is 5.94. The third-order valence-electron chi connectivity index (χ3n) is 4.91. The molecule has 1 aliphatic heterocycles.